The number of nitrogens with zero attached hydrogens (tertiary/aromatic N) is 3. The van der Waals surface area contributed by atoms with Crippen LogP contribution >= 0.6 is 0 Å². The van der Waals surface area contributed by atoms with E-state index in [0.29, 0.717) is 5.82 Å². The lowest BCUT2D eigenvalue weighted by atomic mass is 10.1. The summed E-state index contributed by atoms with van der Waals surface area (Å²) in [4.78, 5) is 24.3. The van der Waals surface area contributed by atoms with Gasteiger partial charge in [0.15, 0.2) is 5.82 Å². The summed E-state index contributed by atoms with van der Waals surface area (Å²) in [5.41, 5.74) is 5.28. The molecule has 2 aromatic carbocycles. The number of amides is 2. The first-order chi connectivity index (χ1) is 14.5. The van der Waals surface area contributed by atoms with Gasteiger partial charge in [0, 0.05) is 18.1 Å². The molecule has 2 aromatic heterocycles. The predicted octanol–water partition coefficient (Wildman–Crippen LogP) is 3.29. The fourth-order valence-corrected chi connectivity index (χ4v) is 3.02. The van der Waals surface area contributed by atoms with Gasteiger partial charge in [0.05, 0.1) is 11.8 Å². The number of primary amides is 1. The van der Waals surface area contributed by atoms with Crippen molar-refractivity contribution >= 4 is 17.5 Å². The van der Waals surface area contributed by atoms with Crippen molar-refractivity contribution in [2.24, 2.45) is 5.73 Å². The summed E-state index contributed by atoms with van der Waals surface area (Å²) in [6.45, 7) is 0. The highest BCUT2D eigenvalue weighted by Crippen LogP contribution is 2.23. The predicted molar refractivity (Wildman–Crippen MR) is 106 cm³/mol. The van der Waals surface area contributed by atoms with Crippen LogP contribution in [0.15, 0.2) is 73.2 Å². The number of para-hydroxylation sites is 1. The van der Waals surface area contributed by atoms with Crippen LogP contribution in [0.5, 0.6) is 0 Å². The second-order valence-corrected chi connectivity index (χ2v) is 6.35. The minimum Gasteiger partial charge on any atom is -0.366 e. The van der Waals surface area contributed by atoms with Crippen LogP contribution in [0, 0.1) is 11.6 Å². The monoisotopic (exact) mass is 407 g/mol. The second kappa shape index (κ2) is 7.63. The summed E-state index contributed by atoms with van der Waals surface area (Å²) >= 11 is 0. The number of rotatable bonds is 5. The SMILES string of the molecule is NC(=O)c1cc(NC(=O)c2cnn(-c3ccccc3F)c2-n2cccc2)ccc1F. The molecule has 0 fully saturated rings. The maximum absolute atomic E-state index is 14.4. The normalized spacial score (nSPS) is 10.7. The van der Waals surface area contributed by atoms with E-state index in [0.717, 1.165) is 12.1 Å². The van der Waals surface area contributed by atoms with Crippen molar-refractivity contribution in [3.05, 3.63) is 95.9 Å². The van der Waals surface area contributed by atoms with E-state index in [9.17, 15) is 18.4 Å². The summed E-state index contributed by atoms with van der Waals surface area (Å²) in [5, 5.41) is 6.78. The maximum atomic E-state index is 14.4. The van der Waals surface area contributed by atoms with Crippen molar-refractivity contribution in [2.45, 2.75) is 0 Å². The molecule has 0 aliphatic heterocycles. The first-order valence-corrected chi connectivity index (χ1v) is 8.82. The number of aromatic nitrogens is 3. The third-order valence-electron chi connectivity index (χ3n) is 4.41. The molecule has 150 valence electrons. The lowest BCUT2D eigenvalue weighted by Gasteiger charge is -2.12. The zero-order valence-corrected chi connectivity index (χ0v) is 15.4. The molecule has 30 heavy (non-hydrogen) atoms. The zero-order valence-electron chi connectivity index (χ0n) is 15.4. The van der Waals surface area contributed by atoms with Crippen molar-refractivity contribution in [1.82, 2.24) is 14.3 Å². The number of carbonyl (C=O) groups is 2. The van der Waals surface area contributed by atoms with E-state index in [1.165, 1.54) is 29.1 Å². The van der Waals surface area contributed by atoms with Gasteiger partial charge in [-0.3, -0.25) is 9.59 Å². The minimum absolute atomic E-state index is 0.138. The molecule has 4 aromatic rings. The van der Waals surface area contributed by atoms with E-state index >= 15 is 0 Å². The van der Waals surface area contributed by atoms with Crippen molar-refractivity contribution in [2.75, 3.05) is 5.32 Å². The van der Waals surface area contributed by atoms with Crippen molar-refractivity contribution in [1.29, 1.82) is 0 Å². The van der Waals surface area contributed by atoms with E-state index in [2.05, 4.69) is 10.4 Å². The number of nitrogens with two attached hydrogens (primary N) is 1. The minimum atomic E-state index is -0.955. The van der Waals surface area contributed by atoms with E-state index in [-0.39, 0.29) is 22.5 Å². The van der Waals surface area contributed by atoms with Gasteiger partial charge in [-0.2, -0.15) is 5.10 Å². The van der Waals surface area contributed by atoms with Gasteiger partial charge in [-0.25, -0.2) is 13.5 Å². The summed E-state index contributed by atoms with van der Waals surface area (Å²) in [5.74, 6) is -2.53. The highest BCUT2D eigenvalue weighted by atomic mass is 19.1. The van der Waals surface area contributed by atoms with Gasteiger partial charge in [-0.05, 0) is 42.5 Å². The molecule has 7 nitrogen and oxygen atoms in total. The molecule has 0 unspecified atom stereocenters. The lowest BCUT2D eigenvalue weighted by molar-refractivity contribution is 0.0992. The summed E-state index contributed by atoms with van der Waals surface area (Å²) in [6, 6.07) is 13.0. The Morgan fingerprint density at radius 2 is 1.67 bits per heavy atom. The van der Waals surface area contributed by atoms with Gasteiger partial charge in [-0.15, -0.1) is 0 Å². The van der Waals surface area contributed by atoms with E-state index in [1.54, 1.807) is 41.2 Å². The van der Waals surface area contributed by atoms with Crippen LogP contribution in [0.4, 0.5) is 14.5 Å². The first-order valence-electron chi connectivity index (χ1n) is 8.82. The van der Waals surface area contributed by atoms with Crippen LogP contribution in [-0.2, 0) is 0 Å². The van der Waals surface area contributed by atoms with E-state index in [4.69, 9.17) is 5.73 Å². The molecule has 0 bridgehead atoms. The Morgan fingerprint density at radius 1 is 0.933 bits per heavy atom. The van der Waals surface area contributed by atoms with Crippen LogP contribution < -0.4 is 11.1 Å². The van der Waals surface area contributed by atoms with Gasteiger partial charge in [0.1, 0.15) is 22.9 Å². The topological polar surface area (TPSA) is 94.9 Å². The zero-order chi connectivity index (χ0) is 21.3. The summed E-state index contributed by atoms with van der Waals surface area (Å²) in [6.07, 6.45) is 4.68. The average Bonchev–Trinajstić information content (AvgIpc) is 3.39. The largest absolute Gasteiger partial charge is 0.366 e. The summed E-state index contributed by atoms with van der Waals surface area (Å²) in [7, 11) is 0. The summed E-state index contributed by atoms with van der Waals surface area (Å²) < 4.78 is 31.0. The Morgan fingerprint density at radius 3 is 2.37 bits per heavy atom. The van der Waals surface area contributed by atoms with Crippen LogP contribution in [0.3, 0.4) is 0 Å². The lowest BCUT2D eigenvalue weighted by Crippen LogP contribution is -2.17. The molecule has 2 amide bonds. The number of benzene rings is 2. The molecule has 0 aliphatic carbocycles. The molecule has 0 aliphatic rings. The molecule has 4 rings (SSSR count). The highest BCUT2D eigenvalue weighted by Gasteiger charge is 2.22. The van der Waals surface area contributed by atoms with Crippen molar-refractivity contribution in [3.63, 3.8) is 0 Å². The Balaban J connectivity index is 1.76. The molecule has 2 heterocycles. The van der Waals surface area contributed by atoms with Crippen molar-refractivity contribution in [3.8, 4) is 11.5 Å². The average molecular weight is 407 g/mol. The van der Waals surface area contributed by atoms with Gasteiger partial charge in [0.25, 0.3) is 11.8 Å². The Bertz CT molecular complexity index is 1250. The van der Waals surface area contributed by atoms with Gasteiger partial charge in [-0.1, -0.05) is 12.1 Å². The molecule has 3 N–H and O–H groups in total. The number of hydrogen-bond donors (Lipinski definition) is 2. The van der Waals surface area contributed by atoms with Crippen molar-refractivity contribution < 1.29 is 18.4 Å². The standard InChI is InChI=1S/C21H15F2N5O2/c22-16-8-7-13(11-14(16)19(24)29)26-20(30)15-12-25-28(18-6-2-1-5-17(18)23)21(15)27-9-3-4-10-27/h1-12H,(H2,24,29)(H,26,30). The Hall–Kier alpha value is -4.27. The highest BCUT2D eigenvalue weighted by molar-refractivity contribution is 6.07. The fourth-order valence-electron chi connectivity index (χ4n) is 3.02. The van der Waals surface area contributed by atoms with Crippen LogP contribution in [0.2, 0.25) is 0 Å². The van der Waals surface area contributed by atoms with E-state index in [1.807, 2.05) is 0 Å². The molecule has 0 radical (unpaired) electrons. The number of anilines is 1. The number of carbonyl (C=O) groups excluding carboxylic acids is 2. The molecule has 0 saturated heterocycles. The smallest absolute Gasteiger partial charge is 0.261 e. The Labute approximate surface area is 169 Å². The molecule has 0 atom stereocenters. The Kier molecular flexibility index (Phi) is 4.85. The molecular weight excluding hydrogens is 392 g/mol. The van der Waals surface area contributed by atoms with Crippen LogP contribution in [-0.4, -0.2) is 26.2 Å². The van der Waals surface area contributed by atoms with Gasteiger partial charge < -0.3 is 15.6 Å². The number of halogens is 2. The fraction of sp³-hybridized carbons (Fsp3) is 0. The molecule has 0 spiro atoms. The first kappa shape index (κ1) is 19.1. The van der Waals surface area contributed by atoms with E-state index < -0.39 is 23.4 Å². The molecule has 9 heteroatoms. The number of nitrogens with one attached hydrogen (secondary N) is 1. The maximum Gasteiger partial charge on any atom is 0.261 e. The molecular formula is C21H15F2N5O2. The quantitative estimate of drug-likeness (QED) is 0.531. The number of hydrogen-bond acceptors (Lipinski definition) is 3. The van der Waals surface area contributed by atoms with Crippen LogP contribution in [0.1, 0.15) is 20.7 Å². The van der Waals surface area contributed by atoms with Gasteiger partial charge in [0.2, 0.25) is 0 Å². The second-order valence-electron chi connectivity index (χ2n) is 6.35. The molecule has 0 saturated carbocycles. The van der Waals surface area contributed by atoms with Crippen LogP contribution in [0.25, 0.3) is 11.5 Å². The van der Waals surface area contributed by atoms with Gasteiger partial charge >= 0.3 is 0 Å². The third-order valence-corrected chi connectivity index (χ3v) is 4.41. The third kappa shape index (κ3) is 3.44.